The minimum atomic E-state index is -0.164. The SMILES string of the molecule is COCCCNC(=O)NCc1cc(C)n(-c2ccc(Cl)cc2)c1C. The number of rotatable bonds is 7. The van der Waals surface area contributed by atoms with Crippen molar-refractivity contribution in [2.24, 2.45) is 0 Å². The van der Waals surface area contributed by atoms with E-state index in [0.29, 0.717) is 24.7 Å². The molecule has 24 heavy (non-hydrogen) atoms. The smallest absolute Gasteiger partial charge is 0.315 e. The van der Waals surface area contributed by atoms with Gasteiger partial charge in [0.05, 0.1) is 0 Å². The first-order valence-electron chi connectivity index (χ1n) is 7.97. The molecule has 0 aliphatic rings. The van der Waals surface area contributed by atoms with E-state index in [0.717, 1.165) is 29.1 Å². The Morgan fingerprint density at radius 1 is 1.21 bits per heavy atom. The van der Waals surface area contributed by atoms with Crippen molar-refractivity contribution >= 4 is 17.6 Å². The first-order chi connectivity index (χ1) is 11.5. The molecule has 130 valence electrons. The summed E-state index contributed by atoms with van der Waals surface area (Å²) in [4.78, 5) is 11.8. The number of carbonyl (C=O) groups excluding carboxylic acids is 1. The van der Waals surface area contributed by atoms with Crippen LogP contribution in [0.1, 0.15) is 23.4 Å². The van der Waals surface area contributed by atoms with Gasteiger partial charge >= 0.3 is 6.03 Å². The van der Waals surface area contributed by atoms with Gasteiger partial charge < -0.3 is 19.9 Å². The van der Waals surface area contributed by atoms with Gasteiger partial charge in [0, 0.05) is 48.9 Å². The molecule has 0 radical (unpaired) electrons. The summed E-state index contributed by atoms with van der Waals surface area (Å²) in [6.07, 6.45) is 0.801. The molecule has 0 saturated carbocycles. The second-order valence-corrected chi connectivity index (χ2v) is 6.10. The van der Waals surface area contributed by atoms with E-state index in [2.05, 4.69) is 35.1 Å². The van der Waals surface area contributed by atoms with Crippen LogP contribution in [-0.4, -0.2) is 30.9 Å². The molecular formula is C18H24ClN3O2. The topological polar surface area (TPSA) is 55.3 Å². The van der Waals surface area contributed by atoms with E-state index in [1.165, 1.54) is 0 Å². The van der Waals surface area contributed by atoms with Gasteiger partial charge in [-0.15, -0.1) is 0 Å². The molecule has 0 aliphatic carbocycles. The van der Waals surface area contributed by atoms with Crippen LogP contribution in [0, 0.1) is 13.8 Å². The van der Waals surface area contributed by atoms with Gasteiger partial charge in [-0.1, -0.05) is 11.6 Å². The van der Waals surface area contributed by atoms with Gasteiger partial charge in [-0.3, -0.25) is 0 Å². The molecule has 2 rings (SSSR count). The second kappa shape index (κ2) is 8.76. The molecule has 0 saturated heterocycles. The van der Waals surface area contributed by atoms with Crippen molar-refractivity contribution in [3.05, 3.63) is 52.3 Å². The highest BCUT2D eigenvalue weighted by atomic mass is 35.5. The Hall–Kier alpha value is -1.98. The summed E-state index contributed by atoms with van der Waals surface area (Å²) in [6, 6.07) is 9.66. The van der Waals surface area contributed by atoms with Crippen LogP contribution in [0.3, 0.4) is 0 Å². The standard InChI is InChI=1S/C18H24ClN3O2/c1-13-11-15(12-21-18(23)20-9-4-10-24-3)14(2)22(13)17-7-5-16(19)6-8-17/h5-8,11H,4,9-10,12H2,1-3H3,(H2,20,21,23). The van der Waals surface area contributed by atoms with Crippen molar-refractivity contribution in [3.63, 3.8) is 0 Å². The lowest BCUT2D eigenvalue weighted by Gasteiger charge is -2.11. The van der Waals surface area contributed by atoms with Crippen molar-refractivity contribution < 1.29 is 9.53 Å². The number of aryl methyl sites for hydroxylation is 1. The van der Waals surface area contributed by atoms with Crippen molar-refractivity contribution in [1.29, 1.82) is 0 Å². The summed E-state index contributed by atoms with van der Waals surface area (Å²) < 4.78 is 7.11. The Kier molecular flexibility index (Phi) is 6.70. The van der Waals surface area contributed by atoms with E-state index >= 15 is 0 Å². The number of amides is 2. The van der Waals surface area contributed by atoms with Gasteiger partial charge in [0.15, 0.2) is 0 Å². The van der Waals surface area contributed by atoms with Crippen LogP contribution >= 0.6 is 11.6 Å². The molecule has 0 unspecified atom stereocenters. The third-order valence-corrected chi connectivity index (χ3v) is 4.12. The van der Waals surface area contributed by atoms with E-state index < -0.39 is 0 Å². The number of carbonyl (C=O) groups is 1. The third-order valence-electron chi connectivity index (χ3n) is 3.87. The number of aromatic nitrogens is 1. The minimum Gasteiger partial charge on any atom is -0.385 e. The second-order valence-electron chi connectivity index (χ2n) is 5.66. The van der Waals surface area contributed by atoms with Crippen molar-refractivity contribution in [2.75, 3.05) is 20.3 Å². The lowest BCUT2D eigenvalue weighted by molar-refractivity contribution is 0.193. The van der Waals surface area contributed by atoms with Gasteiger partial charge in [0.25, 0.3) is 0 Å². The fraction of sp³-hybridized carbons (Fsp3) is 0.389. The third kappa shape index (κ3) is 4.76. The minimum absolute atomic E-state index is 0.164. The van der Waals surface area contributed by atoms with Crippen LogP contribution < -0.4 is 10.6 Å². The number of nitrogens with one attached hydrogen (secondary N) is 2. The van der Waals surface area contributed by atoms with E-state index in [1.807, 2.05) is 24.3 Å². The van der Waals surface area contributed by atoms with Crippen LogP contribution in [0.5, 0.6) is 0 Å². The van der Waals surface area contributed by atoms with Gasteiger partial charge in [0.2, 0.25) is 0 Å². The molecule has 0 aliphatic heterocycles. The lowest BCUT2D eigenvalue weighted by Crippen LogP contribution is -2.35. The maximum absolute atomic E-state index is 11.8. The molecule has 0 fully saturated rings. The van der Waals surface area contributed by atoms with Crippen molar-refractivity contribution in [1.82, 2.24) is 15.2 Å². The Labute approximate surface area is 148 Å². The normalized spacial score (nSPS) is 10.7. The maximum Gasteiger partial charge on any atom is 0.315 e. The van der Waals surface area contributed by atoms with Crippen LogP contribution in [0.25, 0.3) is 5.69 Å². The fourth-order valence-corrected chi connectivity index (χ4v) is 2.78. The largest absolute Gasteiger partial charge is 0.385 e. The van der Waals surface area contributed by atoms with Crippen LogP contribution in [0.2, 0.25) is 5.02 Å². The molecule has 5 nitrogen and oxygen atoms in total. The number of hydrogen-bond acceptors (Lipinski definition) is 2. The molecule has 6 heteroatoms. The summed E-state index contributed by atoms with van der Waals surface area (Å²) in [6.45, 7) is 5.83. The summed E-state index contributed by atoms with van der Waals surface area (Å²) >= 11 is 5.96. The van der Waals surface area contributed by atoms with Gasteiger partial charge in [-0.2, -0.15) is 0 Å². The number of ether oxygens (including phenoxy) is 1. The van der Waals surface area contributed by atoms with Crippen LogP contribution in [0.15, 0.2) is 30.3 Å². The molecule has 0 spiro atoms. The highest BCUT2D eigenvalue weighted by molar-refractivity contribution is 6.30. The molecular weight excluding hydrogens is 326 g/mol. The highest BCUT2D eigenvalue weighted by Gasteiger charge is 2.11. The lowest BCUT2D eigenvalue weighted by atomic mass is 10.2. The molecule has 1 aromatic carbocycles. The molecule has 0 atom stereocenters. The Balaban J connectivity index is 1.98. The number of halogens is 1. The summed E-state index contributed by atoms with van der Waals surface area (Å²) in [5, 5.41) is 6.42. The number of benzene rings is 1. The van der Waals surface area contributed by atoms with E-state index in [-0.39, 0.29) is 6.03 Å². The predicted octanol–water partition coefficient (Wildman–Crippen LogP) is 3.58. The zero-order valence-corrected chi connectivity index (χ0v) is 15.1. The fourth-order valence-electron chi connectivity index (χ4n) is 2.65. The summed E-state index contributed by atoms with van der Waals surface area (Å²) in [7, 11) is 1.65. The monoisotopic (exact) mass is 349 g/mol. The summed E-state index contributed by atoms with van der Waals surface area (Å²) in [5.41, 5.74) is 4.38. The first kappa shape index (κ1) is 18.4. The molecule has 1 aromatic heterocycles. The first-order valence-corrected chi connectivity index (χ1v) is 8.35. The molecule has 2 amide bonds. The molecule has 2 aromatic rings. The highest BCUT2D eigenvalue weighted by Crippen LogP contribution is 2.22. The number of urea groups is 1. The summed E-state index contributed by atoms with van der Waals surface area (Å²) in [5.74, 6) is 0. The Morgan fingerprint density at radius 3 is 2.58 bits per heavy atom. The average Bonchev–Trinajstić information content (AvgIpc) is 2.85. The zero-order chi connectivity index (χ0) is 17.5. The van der Waals surface area contributed by atoms with E-state index in [4.69, 9.17) is 16.3 Å². The number of hydrogen-bond donors (Lipinski definition) is 2. The number of methoxy groups -OCH3 is 1. The Morgan fingerprint density at radius 2 is 1.92 bits per heavy atom. The Bertz CT molecular complexity index is 680. The van der Waals surface area contributed by atoms with Crippen LogP contribution in [0.4, 0.5) is 4.79 Å². The quantitative estimate of drug-likeness (QED) is 0.751. The van der Waals surface area contributed by atoms with E-state index in [1.54, 1.807) is 7.11 Å². The van der Waals surface area contributed by atoms with Crippen molar-refractivity contribution in [2.45, 2.75) is 26.8 Å². The maximum atomic E-state index is 11.8. The molecule has 0 bridgehead atoms. The van der Waals surface area contributed by atoms with E-state index in [9.17, 15) is 4.79 Å². The molecule has 2 N–H and O–H groups in total. The average molecular weight is 350 g/mol. The van der Waals surface area contributed by atoms with Gasteiger partial charge in [-0.05, 0) is 56.2 Å². The number of nitrogens with zero attached hydrogens (tertiary/aromatic N) is 1. The molecule has 1 heterocycles. The van der Waals surface area contributed by atoms with Gasteiger partial charge in [0.1, 0.15) is 0 Å². The zero-order valence-electron chi connectivity index (χ0n) is 14.4. The van der Waals surface area contributed by atoms with Crippen molar-refractivity contribution in [3.8, 4) is 5.69 Å². The predicted molar refractivity (Wildman–Crippen MR) is 97.0 cm³/mol. The van der Waals surface area contributed by atoms with Gasteiger partial charge in [-0.25, -0.2) is 4.79 Å². The van der Waals surface area contributed by atoms with Crippen LogP contribution in [-0.2, 0) is 11.3 Å².